The monoisotopic (exact) mass is 380 g/mol. The van der Waals surface area contributed by atoms with Crippen LogP contribution in [0.3, 0.4) is 0 Å². The molecule has 0 unspecified atom stereocenters. The number of ether oxygens (including phenoxy) is 1. The number of anilines is 1. The Kier molecular flexibility index (Phi) is 6.34. The average molecular weight is 380 g/mol. The second-order valence-corrected chi connectivity index (χ2v) is 6.38. The van der Waals surface area contributed by atoms with Crippen molar-refractivity contribution in [3.63, 3.8) is 0 Å². The van der Waals surface area contributed by atoms with Crippen molar-refractivity contribution >= 4 is 11.9 Å². The number of alkyl halides is 3. The second kappa shape index (κ2) is 8.12. The summed E-state index contributed by atoms with van der Waals surface area (Å²) in [6.45, 7) is 6.01. The van der Waals surface area contributed by atoms with Gasteiger partial charge >= 0.3 is 12.1 Å². The number of rotatable bonds is 4. The minimum atomic E-state index is -5.08. The van der Waals surface area contributed by atoms with Crippen molar-refractivity contribution in [2.75, 3.05) is 51.3 Å². The zero-order chi connectivity index (χ0) is 19.4. The summed E-state index contributed by atoms with van der Waals surface area (Å²) in [6.07, 6.45) is -1.41. The van der Waals surface area contributed by atoms with Gasteiger partial charge in [-0.05, 0) is 13.0 Å². The standard InChI is InChI=1S/C13H19FN4O.C2HF3O2/c1-19-5-4-17-3-2-13(8-17)9-18(10-13)12-15-6-11(14)7-16-12;3-2(4,5)1(6)7/h6-7H,2-5,8-10H2,1H3;(H,6,7). The van der Waals surface area contributed by atoms with Crippen LogP contribution in [0.5, 0.6) is 0 Å². The summed E-state index contributed by atoms with van der Waals surface area (Å²) < 4.78 is 49.6. The zero-order valence-electron chi connectivity index (χ0n) is 14.2. The fourth-order valence-corrected chi connectivity index (χ4v) is 3.07. The molecule has 0 aliphatic carbocycles. The van der Waals surface area contributed by atoms with Gasteiger partial charge < -0.3 is 19.6 Å². The first-order valence-corrected chi connectivity index (χ1v) is 7.89. The lowest BCUT2D eigenvalue weighted by Gasteiger charge is -2.48. The molecule has 3 heterocycles. The highest BCUT2D eigenvalue weighted by molar-refractivity contribution is 5.73. The smallest absolute Gasteiger partial charge is 0.475 e. The van der Waals surface area contributed by atoms with Crippen LogP contribution in [-0.4, -0.2) is 78.6 Å². The van der Waals surface area contributed by atoms with Crippen LogP contribution < -0.4 is 4.90 Å². The minimum absolute atomic E-state index is 0.380. The molecule has 0 amide bonds. The maximum atomic E-state index is 12.8. The molecule has 3 rings (SSSR count). The lowest BCUT2D eigenvalue weighted by Crippen LogP contribution is -2.58. The molecule has 1 spiro atoms. The molecule has 0 aromatic carbocycles. The van der Waals surface area contributed by atoms with Crippen LogP contribution in [-0.2, 0) is 9.53 Å². The number of nitrogens with zero attached hydrogens (tertiary/aromatic N) is 4. The Labute approximate surface area is 147 Å². The molecule has 2 fully saturated rings. The first kappa shape index (κ1) is 20.3. The number of aromatic nitrogens is 2. The van der Waals surface area contributed by atoms with Gasteiger partial charge in [0.05, 0.1) is 19.0 Å². The minimum Gasteiger partial charge on any atom is -0.475 e. The van der Waals surface area contributed by atoms with Gasteiger partial charge in [-0.15, -0.1) is 0 Å². The van der Waals surface area contributed by atoms with Gasteiger partial charge in [0.15, 0.2) is 5.82 Å². The van der Waals surface area contributed by atoms with Crippen LogP contribution in [0.4, 0.5) is 23.5 Å². The number of aliphatic carboxylic acids is 1. The molecule has 1 aromatic rings. The molecule has 11 heteroatoms. The highest BCUT2D eigenvalue weighted by Gasteiger charge is 2.48. The number of hydrogen-bond acceptors (Lipinski definition) is 6. The largest absolute Gasteiger partial charge is 0.490 e. The molecule has 0 saturated carbocycles. The van der Waals surface area contributed by atoms with E-state index in [1.807, 2.05) is 0 Å². The quantitative estimate of drug-likeness (QED) is 0.792. The van der Waals surface area contributed by atoms with Gasteiger partial charge in [0.1, 0.15) is 0 Å². The third-order valence-corrected chi connectivity index (χ3v) is 4.31. The van der Waals surface area contributed by atoms with Gasteiger partial charge in [0, 0.05) is 38.7 Å². The Bertz CT molecular complexity index is 606. The summed E-state index contributed by atoms with van der Waals surface area (Å²) in [6, 6.07) is 0. The summed E-state index contributed by atoms with van der Waals surface area (Å²) >= 11 is 0. The van der Waals surface area contributed by atoms with E-state index in [0.717, 1.165) is 39.3 Å². The fourth-order valence-electron chi connectivity index (χ4n) is 3.07. The fraction of sp³-hybridized carbons (Fsp3) is 0.667. The maximum Gasteiger partial charge on any atom is 0.490 e. The zero-order valence-corrected chi connectivity index (χ0v) is 14.2. The van der Waals surface area contributed by atoms with Gasteiger partial charge in [-0.1, -0.05) is 0 Å². The molecule has 0 atom stereocenters. The molecule has 2 saturated heterocycles. The lowest BCUT2D eigenvalue weighted by atomic mass is 9.79. The van der Waals surface area contributed by atoms with Crippen molar-refractivity contribution in [3.05, 3.63) is 18.2 Å². The molecule has 0 bridgehead atoms. The highest BCUT2D eigenvalue weighted by atomic mass is 19.4. The van der Waals surface area contributed by atoms with Crippen LogP contribution in [0.15, 0.2) is 12.4 Å². The third-order valence-electron chi connectivity index (χ3n) is 4.31. The predicted molar refractivity (Wildman–Crippen MR) is 83.3 cm³/mol. The molecule has 1 N–H and O–H groups in total. The van der Waals surface area contributed by atoms with E-state index in [1.54, 1.807) is 7.11 Å². The van der Waals surface area contributed by atoms with E-state index in [9.17, 15) is 17.6 Å². The normalized spacial score (nSPS) is 19.0. The average Bonchev–Trinajstić information content (AvgIpc) is 2.97. The number of halogens is 4. The molecule has 7 nitrogen and oxygen atoms in total. The number of likely N-dealkylation sites (tertiary alicyclic amines) is 1. The van der Waals surface area contributed by atoms with E-state index < -0.39 is 12.1 Å². The Hall–Kier alpha value is -2.01. The summed E-state index contributed by atoms with van der Waals surface area (Å²) in [5.41, 5.74) is 0.380. The van der Waals surface area contributed by atoms with E-state index in [1.165, 1.54) is 18.8 Å². The van der Waals surface area contributed by atoms with E-state index in [4.69, 9.17) is 14.6 Å². The molecule has 1 aromatic heterocycles. The van der Waals surface area contributed by atoms with Gasteiger partial charge in [-0.25, -0.2) is 19.2 Å². The van der Waals surface area contributed by atoms with Gasteiger partial charge in [-0.2, -0.15) is 13.2 Å². The van der Waals surface area contributed by atoms with Crippen molar-refractivity contribution < 1.29 is 32.2 Å². The van der Waals surface area contributed by atoms with Gasteiger partial charge in [-0.3, -0.25) is 0 Å². The molecule has 0 radical (unpaired) electrons. The van der Waals surface area contributed by atoms with E-state index in [0.29, 0.717) is 11.4 Å². The number of carbonyl (C=O) groups is 1. The number of hydrogen-bond donors (Lipinski definition) is 1. The first-order chi connectivity index (χ1) is 12.1. The van der Waals surface area contributed by atoms with Crippen molar-refractivity contribution in [2.24, 2.45) is 5.41 Å². The number of carboxylic acid groups (broad SMARTS) is 1. The Balaban J connectivity index is 0.000000298. The van der Waals surface area contributed by atoms with Gasteiger partial charge in [0.25, 0.3) is 0 Å². The number of carboxylic acids is 1. The Morgan fingerprint density at radius 1 is 1.31 bits per heavy atom. The summed E-state index contributed by atoms with van der Waals surface area (Å²) in [5.74, 6) is -2.50. The first-order valence-electron chi connectivity index (χ1n) is 7.89. The second-order valence-electron chi connectivity index (χ2n) is 6.38. The Morgan fingerprint density at radius 3 is 2.38 bits per heavy atom. The molecular weight excluding hydrogens is 360 g/mol. The van der Waals surface area contributed by atoms with Crippen LogP contribution >= 0.6 is 0 Å². The van der Waals surface area contributed by atoms with E-state index >= 15 is 0 Å². The van der Waals surface area contributed by atoms with Crippen molar-refractivity contribution in [1.29, 1.82) is 0 Å². The molecule has 2 aliphatic rings. The molecule has 26 heavy (non-hydrogen) atoms. The van der Waals surface area contributed by atoms with Crippen LogP contribution in [0.2, 0.25) is 0 Å². The van der Waals surface area contributed by atoms with Crippen LogP contribution in [0.1, 0.15) is 6.42 Å². The predicted octanol–water partition coefficient (Wildman–Crippen LogP) is 1.41. The maximum absolute atomic E-state index is 12.8. The number of methoxy groups -OCH3 is 1. The lowest BCUT2D eigenvalue weighted by molar-refractivity contribution is -0.192. The SMILES string of the molecule is COCCN1CCC2(C1)CN(c1ncc(F)cn1)C2.O=C(O)C(F)(F)F. The van der Waals surface area contributed by atoms with E-state index in [2.05, 4.69) is 19.8 Å². The summed E-state index contributed by atoms with van der Waals surface area (Å²) in [4.78, 5) is 21.5. The third kappa shape index (κ3) is 5.24. The van der Waals surface area contributed by atoms with Crippen molar-refractivity contribution in [2.45, 2.75) is 12.6 Å². The molecule has 2 aliphatic heterocycles. The van der Waals surface area contributed by atoms with Crippen molar-refractivity contribution in [1.82, 2.24) is 14.9 Å². The summed E-state index contributed by atoms with van der Waals surface area (Å²) in [7, 11) is 1.74. The van der Waals surface area contributed by atoms with Crippen LogP contribution in [0.25, 0.3) is 0 Å². The Morgan fingerprint density at radius 2 is 1.88 bits per heavy atom. The molecular formula is C15H20F4N4O3. The topological polar surface area (TPSA) is 78.8 Å². The van der Waals surface area contributed by atoms with E-state index in [-0.39, 0.29) is 5.82 Å². The highest BCUT2D eigenvalue weighted by Crippen LogP contribution is 2.40. The summed E-state index contributed by atoms with van der Waals surface area (Å²) in [5, 5.41) is 7.12. The van der Waals surface area contributed by atoms with Gasteiger partial charge in [0.2, 0.25) is 5.95 Å². The molecule has 146 valence electrons. The van der Waals surface area contributed by atoms with Crippen LogP contribution in [0, 0.1) is 11.2 Å². The van der Waals surface area contributed by atoms with Crippen molar-refractivity contribution in [3.8, 4) is 0 Å².